The molecule has 0 N–H and O–H groups in total. The van der Waals surface area contributed by atoms with Crippen LogP contribution in [0.3, 0.4) is 0 Å². The average molecular weight is 164 g/mol. The molecule has 0 aromatic carbocycles. The molecule has 0 saturated heterocycles. The molecule has 0 spiro atoms. The Balaban J connectivity index is 2.03. The summed E-state index contributed by atoms with van der Waals surface area (Å²) in [4.78, 5) is 0. The van der Waals surface area contributed by atoms with Crippen molar-refractivity contribution in [2.45, 2.75) is 64.2 Å². The van der Waals surface area contributed by atoms with Gasteiger partial charge in [-0.3, -0.25) is 0 Å². The van der Waals surface area contributed by atoms with Crippen LogP contribution in [0, 0.1) is 0 Å². The Morgan fingerprint density at radius 1 is 0.417 bits per heavy atom. The van der Waals surface area contributed by atoms with Crippen molar-refractivity contribution < 1.29 is 0 Å². The normalized spacial score (nSPS) is 26.0. The summed E-state index contributed by atoms with van der Waals surface area (Å²) in [6, 6.07) is 0. The van der Waals surface area contributed by atoms with E-state index in [2.05, 4.69) is 0 Å². The molecular weight excluding hydrogens is 144 g/mol. The van der Waals surface area contributed by atoms with E-state index < -0.39 is 0 Å². The molecule has 2 rings (SSSR count). The van der Waals surface area contributed by atoms with Crippen molar-refractivity contribution in [1.29, 1.82) is 0 Å². The molecule has 2 aliphatic rings. The van der Waals surface area contributed by atoms with E-state index in [9.17, 15) is 0 Å². The standard InChI is InChI=1S/C12H20/c1-2-4-8-11(7-3-1)12-9-5-6-10-12/h1-10H2. The van der Waals surface area contributed by atoms with Crippen LogP contribution >= 0.6 is 0 Å². The summed E-state index contributed by atoms with van der Waals surface area (Å²) in [6.07, 6.45) is 14.6. The van der Waals surface area contributed by atoms with Crippen LogP contribution in [-0.2, 0) is 0 Å². The minimum Gasteiger partial charge on any atom is -0.0710 e. The maximum Gasteiger partial charge on any atom is -0.0318 e. The molecule has 2 aliphatic carbocycles. The van der Waals surface area contributed by atoms with E-state index in [0.29, 0.717) is 0 Å². The molecule has 0 atom stereocenters. The van der Waals surface area contributed by atoms with Gasteiger partial charge in [0.1, 0.15) is 0 Å². The van der Waals surface area contributed by atoms with E-state index in [4.69, 9.17) is 0 Å². The lowest BCUT2D eigenvalue weighted by Gasteiger charge is -2.07. The molecule has 0 heterocycles. The maximum absolute atomic E-state index is 1.87. The number of rotatable bonds is 0. The predicted molar refractivity (Wildman–Crippen MR) is 53.2 cm³/mol. The SMILES string of the molecule is C1CCCC(=C2CCCC2)CC1. The van der Waals surface area contributed by atoms with Gasteiger partial charge in [0.15, 0.2) is 0 Å². The second-order valence-corrected chi connectivity index (χ2v) is 4.33. The van der Waals surface area contributed by atoms with Crippen LogP contribution in [0.25, 0.3) is 0 Å². The lowest BCUT2D eigenvalue weighted by Crippen LogP contribution is -1.86. The molecule has 0 bridgehead atoms. The highest BCUT2D eigenvalue weighted by Crippen LogP contribution is 2.33. The van der Waals surface area contributed by atoms with Crippen molar-refractivity contribution in [2.75, 3.05) is 0 Å². The molecule has 0 unspecified atom stereocenters. The lowest BCUT2D eigenvalue weighted by molar-refractivity contribution is 0.702. The van der Waals surface area contributed by atoms with Gasteiger partial charge in [0.2, 0.25) is 0 Å². The van der Waals surface area contributed by atoms with Gasteiger partial charge in [-0.25, -0.2) is 0 Å². The Morgan fingerprint density at radius 2 is 0.750 bits per heavy atom. The molecule has 2 saturated carbocycles. The Bertz CT molecular complexity index is 158. The quantitative estimate of drug-likeness (QED) is 0.371. The van der Waals surface area contributed by atoms with Gasteiger partial charge in [0.05, 0.1) is 0 Å². The Labute approximate surface area is 76.1 Å². The predicted octanol–water partition coefficient (Wildman–Crippen LogP) is 4.21. The molecule has 2 fully saturated rings. The fraction of sp³-hybridized carbons (Fsp3) is 0.833. The fourth-order valence-electron chi connectivity index (χ4n) is 2.66. The van der Waals surface area contributed by atoms with Crippen LogP contribution in [0.2, 0.25) is 0 Å². The minimum atomic E-state index is 1.44. The third-order valence-corrected chi connectivity index (χ3v) is 3.41. The zero-order valence-corrected chi connectivity index (χ0v) is 8.07. The summed E-state index contributed by atoms with van der Waals surface area (Å²) in [5.41, 5.74) is 3.72. The van der Waals surface area contributed by atoms with Crippen LogP contribution in [0.1, 0.15) is 64.2 Å². The summed E-state index contributed by atoms with van der Waals surface area (Å²) in [6.45, 7) is 0. The second kappa shape index (κ2) is 4.11. The van der Waals surface area contributed by atoms with E-state index >= 15 is 0 Å². The van der Waals surface area contributed by atoms with Crippen molar-refractivity contribution in [3.63, 3.8) is 0 Å². The zero-order valence-electron chi connectivity index (χ0n) is 8.07. The smallest absolute Gasteiger partial charge is 0.0318 e. The molecular formula is C12H20. The summed E-state index contributed by atoms with van der Waals surface area (Å²) >= 11 is 0. The fourth-order valence-corrected chi connectivity index (χ4v) is 2.66. The van der Waals surface area contributed by atoms with Crippen molar-refractivity contribution in [3.8, 4) is 0 Å². The summed E-state index contributed by atoms with van der Waals surface area (Å²) in [7, 11) is 0. The van der Waals surface area contributed by atoms with Gasteiger partial charge < -0.3 is 0 Å². The van der Waals surface area contributed by atoms with Crippen LogP contribution < -0.4 is 0 Å². The van der Waals surface area contributed by atoms with Crippen LogP contribution in [0.5, 0.6) is 0 Å². The Kier molecular flexibility index (Phi) is 2.86. The summed E-state index contributed by atoms with van der Waals surface area (Å²) in [5.74, 6) is 0. The largest absolute Gasteiger partial charge is 0.0710 e. The molecule has 0 amide bonds. The number of hydrogen-bond donors (Lipinski definition) is 0. The molecule has 0 aromatic heterocycles. The second-order valence-electron chi connectivity index (χ2n) is 4.33. The molecule has 68 valence electrons. The van der Waals surface area contributed by atoms with Gasteiger partial charge in [-0.2, -0.15) is 0 Å². The highest BCUT2D eigenvalue weighted by molar-refractivity contribution is 5.17. The molecule has 0 radical (unpaired) electrons. The average Bonchev–Trinajstić information content (AvgIpc) is 2.48. The van der Waals surface area contributed by atoms with Crippen molar-refractivity contribution in [1.82, 2.24) is 0 Å². The van der Waals surface area contributed by atoms with E-state index in [1.807, 2.05) is 11.1 Å². The van der Waals surface area contributed by atoms with Gasteiger partial charge in [0, 0.05) is 0 Å². The van der Waals surface area contributed by atoms with Crippen molar-refractivity contribution in [3.05, 3.63) is 11.1 Å². The highest BCUT2D eigenvalue weighted by atomic mass is 14.2. The highest BCUT2D eigenvalue weighted by Gasteiger charge is 2.13. The molecule has 12 heavy (non-hydrogen) atoms. The Hall–Kier alpha value is -0.260. The molecule has 0 aliphatic heterocycles. The van der Waals surface area contributed by atoms with Gasteiger partial charge in [-0.1, -0.05) is 24.0 Å². The van der Waals surface area contributed by atoms with E-state index in [1.54, 1.807) is 0 Å². The molecule has 0 heteroatoms. The first-order valence-corrected chi connectivity index (χ1v) is 5.66. The topological polar surface area (TPSA) is 0 Å². The molecule has 0 aromatic rings. The van der Waals surface area contributed by atoms with E-state index in [1.165, 1.54) is 64.2 Å². The monoisotopic (exact) mass is 164 g/mol. The van der Waals surface area contributed by atoms with Crippen LogP contribution in [-0.4, -0.2) is 0 Å². The first-order chi connectivity index (χ1) is 5.97. The summed E-state index contributed by atoms with van der Waals surface area (Å²) < 4.78 is 0. The summed E-state index contributed by atoms with van der Waals surface area (Å²) in [5, 5.41) is 0. The maximum atomic E-state index is 1.87. The van der Waals surface area contributed by atoms with Crippen molar-refractivity contribution in [2.24, 2.45) is 0 Å². The minimum absolute atomic E-state index is 1.44. The van der Waals surface area contributed by atoms with Crippen molar-refractivity contribution >= 4 is 0 Å². The third-order valence-electron chi connectivity index (χ3n) is 3.41. The van der Waals surface area contributed by atoms with Gasteiger partial charge in [-0.15, -0.1) is 0 Å². The van der Waals surface area contributed by atoms with Gasteiger partial charge in [0.25, 0.3) is 0 Å². The van der Waals surface area contributed by atoms with Crippen LogP contribution in [0.15, 0.2) is 11.1 Å². The first-order valence-electron chi connectivity index (χ1n) is 5.66. The number of allylic oxidation sites excluding steroid dienone is 2. The lowest BCUT2D eigenvalue weighted by atomic mass is 10.00. The van der Waals surface area contributed by atoms with Crippen LogP contribution in [0.4, 0.5) is 0 Å². The van der Waals surface area contributed by atoms with E-state index in [0.717, 1.165) is 0 Å². The first kappa shape index (κ1) is 8.34. The third kappa shape index (κ3) is 1.91. The zero-order chi connectivity index (χ0) is 8.23. The van der Waals surface area contributed by atoms with E-state index in [-0.39, 0.29) is 0 Å². The van der Waals surface area contributed by atoms with Gasteiger partial charge >= 0.3 is 0 Å². The number of hydrogen-bond acceptors (Lipinski definition) is 0. The molecule has 0 nitrogen and oxygen atoms in total. The van der Waals surface area contributed by atoms with Gasteiger partial charge in [-0.05, 0) is 51.4 Å². The Morgan fingerprint density at radius 3 is 1.17 bits per heavy atom.